The molecule has 192 valence electrons. The molecule has 0 amide bonds. The van der Waals surface area contributed by atoms with Gasteiger partial charge in [-0.2, -0.15) is 0 Å². The normalized spacial score (nSPS) is 41.9. The number of carboxylic acid groups (broad SMARTS) is 1. The van der Waals surface area contributed by atoms with Gasteiger partial charge in [-0.1, -0.05) is 32.4 Å². The molecule has 0 aromatic carbocycles. The second kappa shape index (κ2) is 8.94. The number of carboxylic acids is 1. The fraction of sp³-hybridized carbons (Fsp3) is 0.692. The Morgan fingerprint density at radius 3 is 2.57 bits per heavy atom. The Balaban J connectivity index is 1.54. The molecule has 9 heteroatoms. The van der Waals surface area contributed by atoms with Crippen LogP contribution in [0.3, 0.4) is 0 Å². The maximum atomic E-state index is 13.3. The summed E-state index contributed by atoms with van der Waals surface area (Å²) < 4.78 is 9.68. The van der Waals surface area contributed by atoms with Crippen molar-refractivity contribution in [3.63, 3.8) is 0 Å². The standard InChI is InChI=1S/C26H34O9/c1-14-8-18-17-5-4-15-9-16(27)6-7-24(15,2)23(17)19(28)10-25(18,3)26(14,33)20(29)11-35-22(32)13-34-12-21(30)31/h6-7,9,14,17-19,23,28,33H,4-5,8,10-13H2,1-3H3,(H,30,31)/t14-,17?,18?,19?,23?,24?,25?,26+/m1/s1. The number of aliphatic hydroxyl groups excluding tert-OH is 1. The number of fused-ring (bicyclic) bond motifs is 5. The van der Waals surface area contributed by atoms with Crippen LogP contribution in [-0.2, 0) is 28.7 Å². The molecule has 0 aromatic rings. The molecular formula is C26H34O9. The number of carbonyl (C=O) groups is 4. The van der Waals surface area contributed by atoms with E-state index in [0.717, 1.165) is 18.4 Å². The van der Waals surface area contributed by atoms with Crippen LogP contribution in [0.25, 0.3) is 0 Å². The molecule has 3 N–H and O–H groups in total. The van der Waals surface area contributed by atoms with E-state index in [4.69, 9.17) is 9.84 Å². The molecule has 0 radical (unpaired) electrons. The van der Waals surface area contributed by atoms with Crippen LogP contribution in [0, 0.1) is 34.5 Å². The molecule has 0 spiro atoms. The average molecular weight is 491 g/mol. The number of allylic oxidation sites excluding steroid dienone is 4. The fourth-order valence-electron chi connectivity index (χ4n) is 7.77. The monoisotopic (exact) mass is 490 g/mol. The highest BCUT2D eigenvalue weighted by Gasteiger charge is 2.70. The van der Waals surface area contributed by atoms with Crippen molar-refractivity contribution in [3.8, 4) is 0 Å². The van der Waals surface area contributed by atoms with Crippen LogP contribution in [-0.4, -0.2) is 70.4 Å². The first-order valence-electron chi connectivity index (χ1n) is 12.2. The number of ether oxygens (including phenoxy) is 2. The predicted molar refractivity (Wildman–Crippen MR) is 122 cm³/mol. The number of carbonyl (C=O) groups excluding carboxylic acids is 3. The van der Waals surface area contributed by atoms with Crippen LogP contribution in [0.1, 0.15) is 46.5 Å². The van der Waals surface area contributed by atoms with Gasteiger partial charge in [0.1, 0.15) is 18.8 Å². The highest BCUT2D eigenvalue weighted by atomic mass is 16.6. The quantitative estimate of drug-likeness (QED) is 0.451. The van der Waals surface area contributed by atoms with Crippen molar-refractivity contribution in [2.24, 2.45) is 34.5 Å². The van der Waals surface area contributed by atoms with Gasteiger partial charge < -0.3 is 24.8 Å². The Labute approximate surface area is 204 Å². The molecule has 9 nitrogen and oxygen atoms in total. The largest absolute Gasteiger partial charge is 0.480 e. The summed E-state index contributed by atoms with van der Waals surface area (Å²) >= 11 is 0. The van der Waals surface area contributed by atoms with Crippen molar-refractivity contribution in [2.75, 3.05) is 19.8 Å². The third kappa shape index (κ3) is 3.97. The lowest BCUT2D eigenvalue weighted by Crippen LogP contribution is -2.62. The van der Waals surface area contributed by atoms with Crippen LogP contribution in [0.2, 0.25) is 0 Å². The van der Waals surface area contributed by atoms with Crippen LogP contribution in [0.15, 0.2) is 23.8 Å². The van der Waals surface area contributed by atoms with Gasteiger partial charge in [0.2, 0.25) is 5.78 Å². The molecule has 0 saturated heterocycles. The lowest BCUT2D eigenvalue weighted by atomic mass is 9.46. The van der Waals surface area contributed by atoms with Gasteiger partial charge in [-0.25, -0.2) is 9.59 Å². The second-order valence-electron chi connectivity index (χ2n) is 11.1. The summed E-state index contributed by atoms with van der Waals surface area (Å²) in [6.45, 7) is 3.80. The molecule has 6 unspecified atom stereocenters. The van der Waals surface area contributed by atoms with E-state index < -0.39 is 66.0 Å². The van der Waals surface area contributed by atoms with Crippen molar-refractivity contribution in [1.29, 1.82) is 0 Å². The zero-order chi connectivity index (χ0) is 25.8. The van der Waals surface area contributed by atoms with Crippen LogP contribution < -0.4 is 0 Å². The number of aliphatic carboxylic acids is 1. The van der Waals surface area contributed by atoms with Crippen molar-refractivity contribution >= 4 is 23.5 Å². The SMILES string of the molecule is C[C@@H]1CC2C3CCC4=CC(=O)C=CC4(C)C3C(O)CC2(C)[C@@]1(O)C(=O)COC(=O)COCC(=O)O. The Bertz CT molecular complexity index is 999. The predicted octanol–water partition coefficient (Wildman–Crippen LogP) is 1.46. The minimum atomic E-state index is -1.79. The number of aliphatic hydroxyl groups is 2. The van der Waals surface area contributed by atoms with Gasteiger partial charge in [0, 0.05) is 16.7 Å². The summed E-state index contributed by atoms with van der Waals surface area (Å²) in [7, 11) is 0. The molecule has 4 aliphatic carbocycles. The molecular weight excluding hydrogens is 456 g/mol. The number of hydrogen-bond donors (Lipinski definition) is 3. The van der Waals surface area contributed by atoms with Crippen LogP contribution >= 0.6 is 0 Å². The zero-order valence-electron chi connectivity index (χ0n) is 20.4. The smallest absolute Gasteiger partial charge is 0.332 e. The van der Waals surface area contributed by atoms with Gasteiger partial charge >= 0.3 is 11.9 Å². The maximum absolute atomic E-state index is 13.3. The number of ketones is 2. The number of hydrogen-bond acceptors (Lipinski definition) is 8. The highest BCUT2D eigenvalue weighted by Crippen LogP contribution is 2.68. The van der Waals surface area contributed by atoms with E-state index in [-0.39, 0.29) is 30.0 Å². The molecule has 0 aliphatic heterocycles. The summed E-state index contributed by atoms with van der Waals surface area (Å²) in [5.41, 5.74) is -2.12. The topological polar surface area (TPSA) is 147 Å². The molecule has 8 atom stereocenters. The molecule has 4 rings (SSSR count). The summed E-state index contributed by atoms with van der Waals surface area (Å²) in [5, 5.41) is 31.9. The first kappa shape index (κ1) is 25.7. The van der Waals surface area contributed by atoms with E-state index in [1.165, 1.54) is 0 Å². The Hall–Kier alpha value is -2.36. The van der Waals surface area contributed by atoms with Crippen molar-refractivity contribution in [2.45, 2.75) is 58.2 Å². The molecule has 3 saturated carbocycles. The Morgan fingerprint density at radius 1 is 1.17 bits per heavy atom. The van der Waals surface area contributed by atoms with E-state index in [9.17, 15) is 29.4 Å². The molecule has 4 aliphatic rings. The highest BCUT2D eigenvalue weighted by molar-refractivity contribution is 6.01. The van der Waals surface area contributed by atoms with Crippen molar-refractivity contribution in [3.05, 3.63) is 23.8 Å². The van der Waals surface area contributed by atoms with E-state index in [0.29, 0.717) is 6.42 Å². The molecule has 0 bridgehead atoms. The summed E-state index contributed by atoms with van der Waals surface area (Å²) in [6, 6.07) is 0. The Kier molecular flexibility index (Phi) is 6.57. The second-order valence-corrected chi connectivity index (χ2v) is 11.1. The lowest BCUT2D eigenvalue weighted by Gasteiger charge is -2.59. The number of esters is 1. The first-order valence-corrected chi connectivity index (χ1v) is 12.2. The fourth-order valence-corrected chi connectivity index (χ4v) is 7.77. The zero-order valence-corrected chi connectivity index (χ0v) is 20.4. The van der Waals surface area contributed by atoms with Crippen molar-refractivity contribution < 1.29 is 44.0 Å². The third-order valence-corrected chi connectivity index (χ3v) is 9.31. The van der Waals surface area contributed by atoms with Gasteiger partial charge in [-0.05, 0) is 55.6 Å². The summed E-state index contributed by atoms with van der Waals surface area (Å²) in [6.07, 6.45) is 6.67. The first-order chi connectivity index (χ1) is 16.3. The summed E-state index contributed by atoms with van der Waals surface area (Å²) in [4.78, 5) is 47.7. The number of Topliss-reactive ketones (excluding diaryl/α,β-unsaturated/α-hetero) is 1. The van der Waals surface area contributed by atoms with E-state index in [1.54, 1.807) is 12.2 Å². The average Bonchev–Trinajstić information content (AvgIpc) is 2.98. The third-order valence-electron chi connectivity index (χ3n) is 9.31. The van der Waals surface area contributed by atoms with Crippen LogP contribution in [0.4, 0.5) is 0 Å². The van der Waals surface area contributed by atoms with E-state index >= 15 is 0 Å². The Morgan fingerprint density at radius 2 is 1.89 bits per heavy atom. The van der Waals surface area contributed by atoms with Crippen LogP contribution in [0.5, 0.6) is 0 Å². The van der Waals surface area contributed by atoms with Gasteiger partial charge in [0.25, 0.3) is 0 Å². The minimum Gasteiger partial charge on any atom is -0.480 e. The van der Waals surface area contributed by atoms with Crippen molar-refractivity contribution in [1.82, 2.24) is 0 Å². The van der Waals surface area contributed by atoms with E-state index in [2.05, 4.69) is 11.7 Å². The minimum absolute atomic E-state index is 0.0288. The van der Waals surface area contributed by atoms with Gasteiger partial charge in [0.15, 0.2) is 12.4 Å². The van der Waals surface area contributed by atoms with Gasteiger partial charge in [-0.15, -0.1) is 0 Å². The molecule has 0 aromatic heterocycles. The molecule has 0 heterocycles. The number of rotatable bonds is 7. The molecule has 35 heavy (non-hydrogen) atoms. The maximum Gasteiger partial charge on any atom is 0.332 e. The van der Waals surface area contributed by atoms with E-state index in [1.807, 2.05) is 19.9 Å². The van der Waals surface area contributed by atoms with Gasteiger partial charge in [-0.3, -0.25) is 9.59 Å². The summed E-state index contributed by atoms with van der Waals surface area (Å²) in [5.74, 6) is -3.30. The lowest BCUT2D eigenvalue weighted by molar-refractivity contribution is -0.186. The van der Waals surface area contributed by atoms with Gasteiger partial charge in [0.05, 0.1) is 6.10 Å². The molecule has 3 fully saturated rings.